The molecule has 0 unspecified atom stereocenters. The second-order valence-corrected chi connectivity index (χ2v) is 8.62. The second kappa shape index (κ2) is 10.1. The van der Waals surface area contributed by atoms with E-state index in [1.54, 1.807) is 4.90 Å². The van der Waals surface area contributed by atoms with E-state index in [1.165, 1.54) is 48.3 Å². The smallest absolute Gasteiger partial charge is 0.222 e. The third kappa shape index (κ3) is 6.17. The molecule has 1 aromatic carbocycles. The maximum atomic E-state index is 11.7. The van der Waals surface area contributed by atoms with Crippen LogP contribution < -0.4 is 0 Å². The summed E-state index contributed by atoms with van der Waals surface area (Å²) in [4.78, 5) is 16.0. The van der Waals surface area contributed by atoms with Gasteiger partial charge >= 0.3 is 0 Å². The van der Waals surface area contributed by atoms with Gasteiger partial charge in [0.2, 0.25) is 5.91 Å². The largest absolute Gasteiger partial charge is 0.349 e. The molecule has 3 rings (SSSR count). The molecule has 5 heteroatoms. The van der Waals surface area contributed by atoms with Crippen molar-refractivity contribution in [2.45, 2.75) is 59.0 Å². The highest BCUT2D eigenvalue weighted by molar-refractivity contribution is 5.75. The van der Waals surface area contributed by atoms with Crippen LogP contribution in [0.2, 0.25) is 0 Å². The highest BCUT2D eigenvalue weighted by atomic mass is 16.2. The lowest BCUT2D eigenvalue weighted by molar-refractivity contribution is -0.128. The third-order valence-electron chi connectivity index (χ3n) is 6.15. The number of hydrogen-bond acceptors (Lipinski definition) is 3. The van der Waals surface area contributed by atoms with E-state index in [1.807, 2.05) is 18.8 Å². The van der Waals surface area contributed by atoms with Crippen LogP contribution in [0.1, 0.15) is 48.6 Å². The van der Waals surface area contributed by atoms with Crippen molar-refractivity contribution in [2.75, 3.05) is 27.2 Å². The van der Waals surface area contributed by atoms with E-state index in [-0.39, 0.29) is 5.91 Å². The second-order valence-electron chi connectivity index (χ2n) is 8.62. The van der Waals surface area contributed by atoms with Crippen molar-refractivity contribution < 1.29 is 4.79 Å². The molecule has 2 aromatic rings. The van der Waals surface area contributed by atoms with Gasteiger partial charge in [0.25, 0.3) is 0 Å². The predicted octanol–water partition coefficient (Wildman–Crippen LogP) is 3.69. The average Bonchev–Trinajstić information content (AvgIpc) is 3.08. The Morgan fingerprint density at radius 3 is 2.38 bits per heavy atom. The van der Waals surface area contributed by atoms with Crippen molar-refractivity contribution in [2.24, 2.45) is 5.92 Å². The number of piperidine rings is 1. The quantitative estimate of drug-likeness (QED) is 0.683. The third-order valence-corrected chi connectivity index (χ3v) is 6.15. The van der Waals surface area contributed by atoms with Crippen LogP contribution in [0.3, 0.4) is 0 Å². The molecule has 5 nitrogen and oxygen atoms in total. The Balaban J connectivity index is 1.43. The van der Waals surface area contributed by atoms with Gasteiger partial charge in [-0.1, -0.05) is 24.3 Å². The average molecular weight is 397 g/mol. The molecule has 0 bridgehead atoms. The summed E-state index contributed by atoms with van der Waals surface area (Å²) in [5.41, 5.74) is 5.21. The van der Waals surface area contributed by atoms with Crippen LogP contribution in [0.4, 0.5) is 0 Å². The van der Waals surface area contributed by atoms with Crippen LogP contribution in [0.15, 0.2) is 30.5 Å². The lowest BCUT2D eigenvalue weighted by Crippen LogP contribution is -2.33. The predicted molar refractivity (Wildman–Crippen MR) is 118 cm³/mol. The molecule has 1 amide bonds. The van der Waals surface area contributed by atoms with Crippen molar-refractivity contribution >= 4 is 5.91 Å². The Bertz CT molecular complexity index is 786. The Labute approximate surface area is 175 Å². The molecule has 2 heterocycles. The zero-order valence-corrected chi connectivity index (χ0v) is 18.5. The van der Waals surface area contributed by atoms with Gasteiger partial charge < -0.3 is 4.90 Å². The first-order chi connectivity index (χ1) is 13.9. The van der Waals surface area contributed by atoms with Crippen molar-refractivity contribution in [3.05, 3.63) is 52.8 Å². The molecule has 0 spiro atoms. The Morgan fingerprint density at radius 1 is 1.14 bits per heavy atom. The van der Waals surface area contributed by atoms with Gasteiger partial charge in [0.15, 0.2) is 0 Å². The summed E-state index contributed by atoms with van der Waals surface area (Å²) >= 11 is 0. The summed E-state index contributed by atoms with van der Waals surface area (Å²) in [5.74, 6) is 0.963. The molecule has 158 valence electrons. The minimum Gasteiger partial charge on any atom is -0.349 e. The molecule has 1 aliphatic rings. The van der Waals surface area contributed by atoms with Crippen LogP contribution in [0, 0.1) is 12.8 Å². The number of amides is 1. The Hall–Kier alpha value is -2.14. The number of carbonyl (C=O) groups excluding carboxylic acids is 1. The molecule has 1 fully saturated rings. The summed E-state index contributed by atoms with van der Waals surface area (Å²) < 4.78 is 2.04. The van der Waals surface area contributed by atoms with Gasteiger partial charge in [0.05, 0.1) is 5.69 Å². The molecule has 29 heavy (non-hydrogen) atoms. The van der Waals surface area contributed by atoms with Crippen LogP contribution in [0.5, 0.6) is 0 Å². The monoisotopic (exact) mass is 396 g/mol. The number of aryl methyl sites for hydroxylation is 3. The van der Waals surface area contributed by atoms with E-state index in [4.69, 9.17) is 0 Å². The fraction of sp³-hybridized carbons (Fsp3) is 0.583. The van der Waals surface area contributed by atoms with Crippen LogP contribution >= 0.6 is 0 Å². The standard InChI is InChI=1S/C24H36N4O/c1-5-28-18-23(19(2)25-28)17-27-14-12-22(13-15-27)16-21-8-6-20(7-9-21)10-11-24(29)26(3)4/h6-9,18,22H,5,10-17H2,1-4H3. The first-order valence-corrected chi connectivity index (χ1v) is 11.0. The van der Waals surface area contributed by atoms with Crippen LogP contribution in [0.25, 0.3) is 0 Å². The lowest BCUT2D eigenvalue weighted by atomic mass is 9.89. The summed E-state index contributed by atoms with van der Waals surface area (Å²) in [6.07, 6.45) is 7.30. The summed E-state index contributed by atoms with van der Waals surface area (Å²) in [6, 6.07) is 8.90. The minimum absolute atomic E-state index is 0.193. The van der Waals surface area contributed by atoms with Gasteiger partial charge in [-0.15, -0.1) is 0 Å². The van der Waals surface area contributed by atoms with E-state index in [9.17, 15) is 4.79 Å². The van der Waals surface area contributed by atoms with E-state index < -0.39 is 0 Å². The molecular weight excluding hydrogens is 360 g/mol. The van der Waals surface area contributed by atoms with Crippen molar-refractivity contribution in [3.63, 3.8) is 0 Å². The first kappa shape index (κ1) is 21.6. The number of likely N-dealkylation sites (tertiary alicyclic amines) is 1. The van der Waals surface area contributed by atoms with Gasteiger partial charge in [-0.3, -0.25) is 14.4 Å². The van der Waals surface area contributed by atoms with Crippen molar-refractivity contribution in [1.29, 1.82) is 0 Å². The molecule has 0 saturated carbocycles. The highest BCUT2D eigenvalue weighted by Gasteiger charge is 2.20. The van der Waals surface area contributed by atoms with Crippen molar-refractivity contribution in [3.8, 4) is 0 Å². The van der Waals surface area contributed by atoms with E-state index >= 15 is 0 Å². The van der Waals surface area contributed by atoms with E-state index in [0.29, 0.717) is 6.42 Å². The van der Waals surface area contributed by atoms with Gasteiger partial charge in [0, 0.05) is 45.4 Å². The molecule has 0 aliphatic carbocycles. The highest BCUT2D eigenvalue weighted by Crippen LogP contribution is 2.23. The lowest BCUT2D eigenvalue weighted by Gasteiger charge is -2.32. The maximum absolute atomic E-state index is 11.7. The molecular formula is C24H36N4O. The number of rotatable bonds is 8. The summed E-state index contributed by atoms with van der Waals surface area (Å²) in [5, 5.41) is 4.57. The normalized spacial score (nSPS) is 15.6. The van der Waals surface area contributed by atoms with E-state index in [2.05, 4.69) is 54.3 Å². The number of nitrogens with zero attached hydrogens (tertiary/aromatic N) is 4. The first-order valence-electron chi connectivity index (χ1n) is 11.0. The zero-order chi connectivity index (χ0) is 20.8. The van der Waals surface area contributed by atoms with Gasteiger partial charge in [-0.2, -0.15) is 5.10 Å². The Morgan fingerprint density at radius 2 is 1.79 bits per heavy atom. The molecule has 0 atom stereocenters. The fourth-order valence-corrected chi connectivity index (χ4v) is 4.12. The fourth-order valence-electron chi connectivity index (χ4n) is 4.12. The van der Waals surface area contributed by atoms with Crippen molar-refractivity contribution in [1.82, 2.24) is 19.6 Å². The van der Waals surface area contributed by atoms with Gasteiger partial charge in [-0.05, 0) is 69.7 Å². The minimum atomic E-state index is 0.193. The molecule has 1 saturated heterocycles. The van der Waals surface area contributed by atoms with E-state index in [0.717, 1.165) is 31.8 Å². The van der Waals surface area contributed by atoms with Crippen LogP contribution in [-0.4, -0.2) is 52.7 Å². The number of carbonyl (C=O) groups is 1. The molecule has 0 radical (unpaired) electrons. The van der Waals surface area contributed by atoms with Crippen LogP contribution in [-0.2, 0) is 30.7 Å². The summed E-state index contributed by atoms with van der Waals surface area (Å²) in [6.45, 7) is 8.57. The summed E-state index contributed by atoms with van der Waals surface area (Å²) in [7, 11) is 3.63. The SMILES string of the molecule is CCn1cc(CN2CCC(Cc3ccc(CCC(=O)N(C)C)cc3)CC2)c(C)n1. The molecule has 1 aliphatic heterocycles. The Kier molecular flexibility index (Phi) is 7.48. The number of benzene rings is 1. The molecule has 1 aromatic heterocycles. The zero-order valence-electron chi connectivity index (χ0n) is 18.5. The number of aromatic nitrogens is 2. The molecule has 0 N–H and O–H groups in total. The van der Waals surface area contributed by atoms with Gasteiger partial charge in [0.1, 0.15) is 0 Å². The number of hydrogen-bond donors (Lipinski definition) is 0. The van der Waals surface area contributed by atoms with Gasteiger partial charge in [-0.25, -0.2) is 0 Å². The maximum Gasteiger partial charge on any atom is 0.222 e. The topological polar surface area (TPSA) is 41.4 Å².